The minimum atomic E-state index is -0.152. The van der Waals surface area contributed by atoms with Gasteiger partial charge in [-0.3, -0.25) is 0 Å². The van der Waals surface area contributed by atoms with Crippen LogP contribution in [0.5, 0.6) is 0 Å². The lowest BCUT2D eigenvalue weighted by atomic mass is 9.99. The summed E-state index contributed by atoms with van der Waals surface area (Å²) >= 11 is 0. The molecule has 0 aromatic rings. The van der Waals surface area contributed by atoms with Crippen molar-refractivity contribution in [2.75, 3.05) is 0 Å². The van der Waals surface area contributed by atoms with Gasteiger partial charge in [0.25, 0.3) is 0 Å². The van der Waals surface area contributed by atoms with Crippen LogP contribution in [0.4, 0.5) is 0 Å². The van der Waals surface area contributed by atoms with Gasteiger partial charge in [-0.05, 0) is 25.5 Å². The van der Waals surface area contributed by atoms with Crippen LogP contribution in [-0.4, -0.2) is 12.4 Å². The second-order valence-electron chi connectivity index (χ2n) is 3.28. The number of aldehydes is 1. The Morgan fingerprint density at radius 2 is 2.00 bits per heavy atom. The highest BCUT2D eigenvalue weighted by molar-refractivity contribution is 5.59. The molecule has 0 amide bonds. The van der Waals surface area contributed by atoms with Crippen molar-refractivity contribution in [1.29, 1.82) is 0 Å². The van der Waals surface area contributed by atoms with Gasteiger partial charge in [-0.25, -0.2) is 0 Å². The minimum Gasteiger partial charge on any atom is -0.493 e. The van der Waals surface area contributed by atoms with E-state index >= 15 is 0 Å². The summed E-state index contributed by atoms with van der Waals surface area (Å²) in [6, 6.07) is 0. The lowest BCUT2D eigenvalue weighted by Gasteiger charge is -2.18. The van der Waals surface area contributed by atoms with E-state index in [1.165, 1.54) is 0 Å². The molecule has 0 aromatic heterocycles. The van der Waals surface area contributed by atoms with Crippen LogP contribution >= 0.6 is 0 Å². The fourth-order valence-electron chi connectivity index (χ4n) is 1.08. The highest BCUT2D eigenvalue weighted by Gasteiger charge is 2.17. The van der Waals surface area contributed by atoms with Gasteiger partial charge in [0.15, 0.2) is 0 Å². The molecule has 2 nitrogen and oxygen atoms in total. The van der Waals surface area contributed by atoms with Gasteiger partial charge in [-0.2, -0.15) is 0 Å². The molecular formula is C11H14O2. The zero-order chi connectivity index (χ0) is 9.68. The van der Waals surface area contributed by atoms with E-state index in [4.69, 9.17) is 4.74 Å². The monoisotopic (exact) mass is 178 g/mol. The number of hydrogen-bond donors (Lipinski definition) is 0. The van der Waals surface area contributed by atoms with Gasteiger partial charge < -0.3 is 9.53 Å². The molecule has 1 rings (SSSR count). The van der Waals surface area contributed by atoms with E-state index in [2.05, 4.69) is 0 Å². The molecule has 2 heteroatoms. The van der Waals surface area contributed by atoms with Gasteiger partial charge in [-0.15, -0.1) is 0 Å². The third-order valence-electron chi connectivity index (χ3n) is 1.74. The van der Waals surface area contributed by atoms with E-state index in [1.54, 1.807) is 6.26 Å². The summed E-state index contributed by atoms with van der Waals surface area (Å²) < 4.78 is 5.42. The minimum absolute atomic E-state index is 0.141. The van der Waals surface area contributed by atoms with Crippen molar-refractivity contribution in [3.63, 3.8) is 0 Å². The third-order valence-corrected chi connectivity index (χ3v) is 1.74. The van der Waals surface area contributed by atoms with E-state index in [1.807, 2.05) is 38.2 Å². The summed E-state index contributed by atoms with van der Waals surface area (Å²) in [5, 5.41) is 0. The molecule has 0 fully saturated rings. The molecule has 2 unspecified atom stereocenters. The van der Waals surface area contributed by atoms with Crippen molar-refractivity contribution < 1.29 is 9.53 Å². The van der Waals surface area contributed by atoms with Crippen molar-refractivity contribution in [2.24, 2.45) is 5.92 Å². The number of allylic oxidation sites excluding steroid dienone is 3. The van der Waals surface area contributed by atoms with Crippen LogP contribution in [0.3, 0.4) is 0 Å². The Hall–Kier alpha value is -1.31. The lowest BCUT2D eigenvalue weighted by molar-refractivity contribution is -0.111. The summed E-state index contributed by atoms with van der Waals surface area (Å²) in [5.74, 6) is -0.152. The Kier molecular flexibility index (Phi) is 3.50. The molecule has 1 aliphatic carbocycles. The average molecular weight is 178 g/mol. The molecule has 0 aliphatic heterocycles. The quantitative estimate of drug-likeness (QED) is 0.489. The van der Waals surface area contributed by atoms with Gasteiger partial charge in [0.1, 0.15) is 12.4 Å². The van der Waals surface area contributed by atoms with Crippen molar-refractivity contribution in [1.82, 2.24) is 0 Å². The molecule has 0 N–H and O–H groups in total. The topological polar surface area (TPSA) is 26.3 Å². The molecule has 0 spiro atoms. The lowest BCUT2D eigenvalue weighted by Crippen LogP contribution is -2.21. The zero-order valence-corrected chi connectivity index (χ0v) is 7.94. The van der Waals surface area contributed by atoms with Gasteiger partial charge in [0.05, 0.1) is 12.2 Å². The number of ether oxygens (including phenoxy) is 1. The fourth-order valence-corrected chi connectivity index (χ4v) is 1.08. The van der Waals surface area contributed by atoms with E-state index in [0.717, 1.165) is 11.9 Å². The van der Waals surface area contributed by atoms with Crippen LogP contribution in [0.15, 0.2) is 36.1 Å². The maximum absolute atomic E-state index is 10.6. The average Bonchev–Trinajstić information content (AvgIpc) is 2.15. The Balaban J connectivity index is 2.58. The SMILES string of the molecule is CC(C)=COC1C=CC=CC1C=O. The predicted molar refractivity (Wildman–Crippen MR) is 52.1 cm³/mol. The molecule has 0 saturated heterocycles. The van der Waals surface area contributed by atoms with E-state index < -0.39 is 0 Å². The van der Waals surface area contributed by atoms with E-state index in [-0.39, 0.29) is 12.0 Å². The first-order valence-electron chi connectivity index (χ1n) is 4.33. The fraction of sp³-hybridized carbons (Fsp3) is 0.364. The second kappa shape index (κ2) is 4.65. The van der Waals surface area contributed by atoms with E-state index in [9.17, 15) is 4.79 Å². The number of carbonyl (C=O) groups excluding carboxylic acids is 1. The number of rotatable bonds is 3. The summed E-state index contributed by atoms with van der Waals surface area (Å²) in [5.41, 5.74) is 1.09. The molecule has 0 saturated carbocycles. The van der Waals surface area contributed by atoms with Gasteiger partial charge in [-0.1, -0.05) is 18.2 Å². The normalized spacial score (nSPS) is 25.4. The highest BCUT2D eigenvalue weighted by atomic mass is 16.5. The standard InChI is InChI=1S/C11H14O2/c1-9(2)8-13-11-6-4-3-5-10(11)7-12/h3-8,10-11H,1-2H3. The first kappa shape index (κ1) is 9.78. The largest absolute Gasteiger partial charge is 0.493 e. The molecule has 2 atom stereocenters. The van der Waals surface area contributed by atoms with Crippen molar-refractivity contribution in [3.8, 4) is 0 Å². The summed E-state index contributed by atoms with van der Waals surface area (Å²) in [6.45, 7) is 3.91. The second-order valence-corrected chi connectivity index (χ2v) is 3.28. The van der Waals surface area contributed by atoms with Crippen LogP contribution < -0.4 is 0 Å². The molecule has 0 radical (unpaired) electrons. The molecule has 1 aliphatic rings. The molecule has 13 heavy (non-hydrogen) atoms. The maximum Gasteiger partial charge on any atom is 0.130 e. The van der Waals surface area contributed by atoms with Gasteiger partial charge in [0.2, 0.25) is 0 Å². The van der Waals surface area contributed by atoms with Crippen LogP contribution in [0, 0.1) is 5.92 Å². The van der Waals surface area contributed by atoms with Crippen molar-refractivity contribution in [3.05, 3.63) is 36.1 Å². The Bertz CT molecular complexity index is 257. The van der Waals surface area contributed by atoms with Crippen molar-refractivity contribution in [2.45, 2.75) is 20.0 Å². The summed E-state index contributed by atoms with van der Waals surface area (Å²) in [7, 11) is 0. The molecular weight excluding hydrogens is 164 g/mol. The Morgan fingerprint density at radius 3 is 2.62 bits per heavy atom. The van der Waals surface area contributed by atoms with Crippen LogP contribution in [0.25, 0.3) is 0 Å². The summed E-state index contributed by atoms with van der Waals surface area (Å²) in [4.78, 5) is 10.6. The van der Waals surface area contributed by atoms with Crippen LogP contribution in [-0.2, 0) is 9.53 Å². The number of carbonyl (C=O) groups is 1. The molecule has 70 valence electrons. The highest BCUT2D eigenvalue weighted by Crippen LogP contribution is 2.14. The first-order chi connectivity index (χ1) is 6.24. The third kappa shape index (κ3) is 2.90. The number of hydrogen-bond acceptors (Lipinski definition) is 2. The molecule has 0 bridgehead atoms. The Labute approximate surface area is 78.6 Å². The predicted octanol–water partition coefficient (Wildman–Crippen LogP) is 2.24. The zero-order valence-electron chi connectivity index (χ0n) is 7.94. The van der Waals surface area contributed by atoms with Crippen molar-refractivity contribution >= 4 is 6.29 Å². The van der Waals surface area contributed by atoms with E-state index in [0.29, 0.717) is 0 Å². The van der Waals surface area contributed by atoms with Crippen LogP contribution in [0.1, 0.15) is 13.8 Å². The van der Waals surface area contributed by atoms with Gasteiger partial charge >= 0.3 is 0 Å². The summed E-state index contributed by atoms with van der Waals surface area (Å²) in [6.07, 6.45) is 9.94. The van der Waals surface area contributed by atoms with Crippen LogP contribution in [0.2, 0.25) is 0 Å². The first-order valence-corrected chi connectivity index (χ1v) is 4.33. The Morgan fingerprint density at radius 1 is 1.31 bits per heavy atom. The maximum atomic E-state index is 10.6. The van der Waals surface area contributed by atoms with Gasteiger partial charge in [0, 0.05) is 0 Å². The molecule has 0 heterocycles. The molecule has 0 aromatic carbocycles. The smallest absolute Gasteiger partial charge is 0.130 e.